The Balaban J connectivity index is 2.28. The van der Waals surface area contributed by atoms with E-state index in [0.717, 1.165) is 36.9 Å². The van der Waals surface area contributed by atoms with E-state index < -0.39 is 0 Å². The molecular weight excluding hydrogens is 382 g/mol. The lowest BCUT2D eigenvalue weighted by atomic mass is 9.86. The molecule has 0 saturated carbocycles. The molecule has 3 atom stereocenters. The minimum atomic E-state index is 0.356. The van der Waals surface area contributed by atoms with Crippen molar-refractivity contribution in [2.45, 2.75) is 45.3 Å². The van der Waals surface area contributed by atoms with Crippen molar-refractivity contribution in [1.29, 1.82) is 0 Å². The van der Waals surface area contributed by atoms with Gasteiger partial charge in [0.2, 0.25) is 0 Å². The zero-order chi connectivity index (χ0) is 14.5. The smallest absolute Gasteiger partial charge is 0.0619 e. The van der Waals surface area contributed by atoms with Gasteiger partial charge < -0.3 is 10.1 Å². The van der Waals surface area contributed by atoms with Gasteiger partial charge in [0.1, 0.15) is 0 Å². The fourth-order valence-corrected chi connectivity index (χ4v) is 3.88. The molecule has 0 spiro atoms. The molecule has 1 fully saturated rings. The van der Waals surface area contributed by atoms with E-state index in [1.807, 2.05) is 0 Å². The first-order valence-electron chi connectivity index (χ1n) is 7.47. The van der Waals surface area contributed by atoms with Crippen molar-refractivity contribution in [3.8, 4) is 0 Å². The van der Waals surface area contributed by atoms with E-state index >= 15 is 0 Å². The highest BCUT2D eigenvalue weighted by Gasteiger charge is 2.35. The van der Waals surface area contributed by atoms with E-state index in [2.05, 4.69) is 69.2 Å². The number of hydrogen-bond donors (Lipinski definition) is 1. The zero-order valence-corrected chi connectivity index (χ0v) is 15.3. The van der Waals surface area contributed by atoms with Gasteiger partial charge in [0.15, 0.2) is 0 Å². The molecule has 0 aliphatic carbocycles. The largest absolute Gasteiger partial charge is 0.378 e. The third-order valence-electron chi connectivity index (χ3n) is 4.00. The van der Waals surface area contributed by atoms with Crippen molar-refractivity contribution >= 4 is 31.9 Å². The molecule has 2 nitrogen and oxygen atoms in total. The summed E-state index contributed by atoms with van der Waals surface area (Å²) in [6.07, 6.45) is 3.74. The standard InChI is InChI=1S/C16H23Br2NO/c1-3-8-19-16(12-7-9-20-15(12)4-2)13-10-11(17)5-6-14(13)18/h5-6,10,12,15-16,19H,3-4,7-9H2,1-2H3. The van der Waals surface area contributed by atoms with Crippen LogP contribution in [-0.4, -0.2) is 19.3 Å². The van der Waals surface area contributed by atoms with Crippen LogP contribution in [0.3, 0.4) is 0 Å². The van der Waals surface area contributed by atoms with Gasteiger partial charge in [-0.05, 0) is 49.6 Å². The van der Waals surface area contributed by atoms with Crippen LogP contribution in [0.5, 0.6) is 0 Å². The molecule has 112 valence electrons. The summed E-state index contributed by atoms with van der Waals surface area (Å²) in [5.41, 5.74) is 1.33. The number of rotatable bonds is 6. The third-order valence-corrected chi connectivity index (χ3v) is 5.21. The van der Waals surface area contributed by atoms with Crippen molar-refractivity contribution < 1.29 is 4.74 Å². The van der Waals surface area contributed by atoms with Crippen LogP contribution < -0.4 is 5.32 Å². The second kappa shape index (κ2) is 7.92. The highest BCUT2D eigenvalue weighted by atomic mass is 79.9. The minimum Gasteiger partial charge on any atom is -0.378 e. The van der Waals surface area contributed by atoms with Crippen molar-refractivity contribution in [3.63, 3.8) is 0 Å². The summed E-state index contributed by atoms with van der Waals surface area (Å²) in [5, 5.41) is 3.73. The van der Waals surface area contributed by atoms with Crippen LogP contribution in [0.2, 0.25) is 0 Å². The summed E-state index contributed by atoms with van der Waals surface area (Å²) < 4.78 is 8.21. The summed E-state index contributed by atoms with van der Waals surface area (Å²) in [7, 11) is 0. The number of hydrogen-bond acceptors (Lipinski definition) is 2. The molecule has 20 heavy (non-hydrogen) atoms. The summed E-state index contributed by atoms with van der Waals surface area (Å²) in [6.45, 7) is 6.36. The Kier molecular flexibility index (Phi) is 6.53. The summed E-state index contributed by atoms with van der Waals surface area (Å²) >= 11 is 7.30. The van der Waals surface area contributed by atoms with Crippen LogP contribution in [0.15, 0.2) is 27.1 Å². The monoisotopic (exact) mass is 403 g/mol. The van der Waals surface area contributed by atoms with Crippen LogP contribution in [0, 0.1) is 5.92 Å². The van der Waals surface area contributed by atoms with Crippen molar-refractivity contribution in [1.82, 2.24) is 5.32 Å². The minimum absolute atomic E-state index is 0.356. The SMILES string of the molecule is CCCNC(c1cc(Br)ccc1Br)C1CCOC1CC. The number of benzene rings is 1. The maximum absolute atomic E-state index is 5.90. The Morgan fingerprint density at radius 1 is 1.35 bits per heavy atom. The lowest BCUT2D eigenvalue weighted by molar-refractivity contribution is 0.0773. The van der Waals surface area contributed by atoms with E-state index in [1.54, 1.807) is 0 Å². The first-order chi connectivity index (χ1) is 9.67. The fourth-order valence-electron chi connectivity index (χ4n) is 3.01. The van der Waals surface area contributed by atoms with Gasteiger partial charge in [-0.15, -0.1) is 0 Å². The van der Waals surface area contributed by atoms with Crippen LogP contribution in [0.1, 0.15) is 44.7 Å². The predicted octanol–water partition coefficient (Wildman–Crippen LogP) is 5.07. The average molecular weight is 405 g/mol. The Hall–Kier alpha value is 0.1000. The van der Waals surface area contributed by atoms with Gasteiger partial charge in [0.05, 0.1) is 6.10 Å². The molecule has 1 aliphatic rings. The Bertz CT molecular complexity index is 438. The summed E-state index contributed by atoms with van der Waals surface area (Å²) in [4.78, 5) is 0. The maximum atomic E-state index is 5.90. The van der Waals surface area contributed by atoms with Crippen molar-refractivity contribution in [2.24, 2.45) is 5.92 Å². The molecule has 1 N–H and O–H groups in total. The lowest BCUT2D eigenvalue weighted by Gasteiger charge is -2.29. The Morgan fingerprint density at radius 2 is 2.15 bits per heavy atom. The molecule has 1 aliphatic heterocycles. The Morgan fingerprint density at radius 3 is 2.85 bits per heavy atom. The average Bonchev–Trinajstić information content (AvgIpc) is 2.91. The fraction of sp³-hybridized carbons (Fsp3) is 0.625. The van der Waals surface area contributed by atoms with Gasteiger partial charge in [-0.1, -0.05) is 45.7 Å². The molecule has 1 heterocycles. The molecule has 0 aromatic heterocycles. The van der Waals surface area contributed by atoms with Gasteiger partial charge in [0.25, 0.3) is 0 Å². The van der Waals surface area contributed by atoms with Gasteiger partial charge in [-0.2, -0.15) is 0 Å². The lowest BCUT2D eigenvalue weighted by Crippen LogP contribution is -2.33. The van der Waals surface area contributed by atoms with Crippen LogP contribution in [0.25, 0.3) is 0 Å². The second-order valence-electron chi connectivity index (χ2n) is 5.37. The summed E-state index contributed by atoms with van der Waals surface area (Å²) in [5.74, 6) is 0.553. The van der Waals surface area contributed by atoms with E-state index in [1.165, 1.54) is 10.0 Å². The molecule has 0 amide bonds. The van der Waals surface area contributed by atoms with E-state index in [-0.39, 0.29) is 0 Å². The van der Waals surface area contributed by atoms with Gasteiger partial charge in [0, 0.05) is 27.5 Å². The topological polar surface area (TPSA) is 21.3 Å². The van der Waals surface area contributed by atoms with Gasteiger partial charge in [-0.25, -0.2) is 0 Å². The predicted molar refractivity (Wildman–Crippen MR) is 91.0 cm³/mol. The van der Waals surface area contributed by atoms with Crippen molar-refractivity contribution in [2.75, 3.05) is 13.2 Å². The quantitative estimate of drug-likeness (QED) is 0.714. The molecule has 2 rings (SSSR count). The van der Waals surface area contributed by atoms with Crippen LogP contribution in [-0.2, 0) is 4.74 Å². The van der Waals surface area contributed by atoms with Crippen molar-refractivity contribution in [3.05, 3.63) is 32.7 Å². The van der Waals surface area contributed by atoms with E-state index in [9.17, 15) is 0 Å². The molecular formula is C16H23Br2NO. The number of halogens is 2. The molecule has 0 bridgehead atoms. The van der Waals surface area contributed by atoms with Crippen LogP contribution in [0.4, 0.5) is 0 Å². The molecule has 1 aromatic rings. The molecule has 4 heteroatoms. The first kappa shape index (κ1) is 16.5. The molecule has 0 radical (unpaired) electrons. The van der Waals surface area contributed by atoms with Crippen LogP contribution >= 0.6 is 31.9 Å². The first-order valence-corrected chi connectivity index (χ1v) is 9.05. The zero-order valence-electron chi connectivity index (χ0n) is 12.2. The van der Waals surface area contributed by atoms with Gasteiger partial charge >= 0.3 is 0 Å². The molecule has 1 saturated heterocycles. The van der Waals surface area contributed by atoms with E-state index in [4.69, 9.17) is 4.74 Å². The molecule has 1 aromatic carbocycles. The highest BCUT2D eigenvalue weighted by Crippen LogP contribution is 2.38. The normalized spacial score (nSPS) is 24.0. The summed E-state index contributed by atoms with van der Waals surface area (Å²) in [6, 6.07) is 6.78. The third kappa shape index (κ3) is 3.85. The molecule has 3 unspecified atom stereocenters. The highest BCUT2D eigenvalue weighted by molar-refractivity contribution is 9.11. The second-order valence-corrected chi connectivity index (χ2v) is 7.14. The number of nitrogens with one attached hydrogen (secondary N) is 1. The van der Waals surface area contributed by atoms with Gasteiger partial charge in [-0.3, -0.25) is 0 Å². The van der Waals surface area contributed by atoms with E-state index in [0.29, 0.717) is 18.1 Å². The maximum Gasteiger partial charge on any atom is 0.0619 e. The Labute approximate surface area is 138 Å². The number of ether oxygens (including phenoxy) is 1.